The van der Waals surface area contributed by atoms with E-state index in [1.54, 1.807) is 6.07 Å². The molecule has 0 saturated heterocycles. The second-order valence-corrected chi connectivity index (χ2v) is 4.85. The summed E-state index contributed by atoms with van der Waals surface area (Å²) in [5.41, 5.74) is -0.953. The highest BCUT2D eigenvalue weighted by Crippen LogP contribution is 2.38. The van der Waals surface area contributed by atoms with E-state index in [-0.39, 0.29) is 10.8 Å². The average Bonchev–Trinajstić information content (AvgIpc) is 2.33. The maximum Gasteiger partial charge on any atom is 0.421 e. The van der Waals surface area contributed by atoms with Crippen LogP contribution in [0.4, 0.5) is 13.2 Å². The highest BCUT2D eigenvalue weighted by molar-refractivity contribution is 9.10. The molecule has 1 heterocycles. The maximum atomic E-state index is 12.8. The molecular weight excluding hydrogens is 346 g/mol. The fourth-order valence-electron chi connectivity index (χ4n) is 1.35. The molecule has 7 heteroatoms. The van der Waals surface area contributed by atoms with Crippen molar-refractivity contribution in [2.24, 2.45) is 0 Å². The van der Waals surface area contributed by atoms with Crippen LogP contribution < -0.4 is 4.74 Å². The number of hydrogen-bond donors (Lipinski definition) is 0. The van der Waals surface area contributed by atoms with E-state index >= 15 is 0 Å². The first-order chi connectivity index (χ1) is 8.88. The summed E-state index contributed by atoms with van der Waals surface area (Å²) in [4.78, 5) is 3.60. The summed E-state index contributed by atoms with van der Waals surface area (Å²) in [7, 11) is 0. The molecule has 0 saturated carbocycles. The Hall–Kier alpha value is -1.27. The van der Waals surface area contributed by atoms with Gasteiger partial charge in [-0.05, 0) is 30.3 Å². The van der Waals surface area contributed by atoms with Crippen molar-refractivity contribution in [3.05, 3.63) is 51.6 Å². The standard InChI is InChI=1S/C12H6BrClF3NO/c13-7-3-4-9(14)10(6-7)19-11-8(12(15,16)17)2-1-5-18-11/h1-6H. The molecule has 0 fully saturated rings. The van der Waals surface area contributed by atoms with E-state index < -0.39 is 17.6 Å². The Balaban J connectivity index is 2.41. The van der Waals surface area contributed by atoms with E-state index in [1.165, 1.54) is 24.4 Å². The van der Waals surface area contributed by atoms with E-state index in [2.05, 4.69) is 20.9 Å². The van der Waals surface area contributed by atoms with Crippen molar-refractivity contribution in [1.29, 1.82) is 0 Å². The number of rotatable bonds is 2. The van der Waals surface area contributed by atoms with Crippen molar-refractivity contribution in [3.63, 3.8) is 0 Å². The largest absolute Gasteiger partial charge is 0.437 e. The molecule has 0 amide bonds. The van der Waals surface area contributed by atoms with Crippen molar-refractivity contribution >= 4 is 27.5 Å². The SMILES string of the molecule is FC(F)(F)c1cccnc1Oc1cc(Br)ccc1Cl. The molecule has 19 heavy (non-hydrogen) atoms. The minimum absolute atomic E-state index is 0.0974. The first-order valence-electron chi connectivity index (χ1n) is 5.03. The van der Waals surface area contributed by atoms with Crippen molar-refractivity contribution in [3.8, 4) is 11.6 Å². The second-order valence-electron chi connectivity index (χ2n) is 3.53. The Bertz CT molecular complexity index is 604. The molecule has 0 radical (unpaired) electrons. The van der Waals surface area contributed by atoms with Gasteiger partial charge < -0.3 is 4.74 Å². The molecule has 1 aromatic heterocycles. The summed E-state index contributed by atoms with van der Waals surface area (Å²) in [5, 5.41) is 0.196. The molecule has 0 N–H and O–H groups in total. The fourth-order valence-corrected chi connectivity index (χ4v) is 1.84. The molecule has 0 aliphatic rings. The minimum atomic E-state index is -4.54. The number of alkyl halides is 3. The first-order valence-corrected chi connectivity index (χ1v) is 6.20. The average molecular weight is 353 g/mol. The number of halogens is 5. The van der Waals surface area contributed by atoms with Crippen LogP contribution >= 0.6 is 27.5 Å². The van der Waals surface area contributed by atoms with Crippen LogP contribution in [0.5, 0.6) is 11.6 Å². The molecule has 1 aromatic carbocycles. The summed E-state index contributed by atoms with van der Waals surface area (Å²) in [6.45, 7) is 0. The summed E-state index contributed by atoms with van der Waals surface area (Å²) >= 11 is 9.04. The lowest BCUT2D eigenvalue weighted by Gasteiger charge is -2.13. The summed E-state index contributed by atoms with van der Waals surface area (Å²) in [5.74, 6) is -0.435. The van der Waals surface area contributed by atoms with Crippen LogP contribution in [0.15, 0.2) is 41.0 Å². The smallest absolute Gasteiger partial charge is 0.421 e. The normalized spacial score (nSPS) is 11.4. The molecule has 100 valence electrons. The molecular formula is C12H6BrClF3NO. The van der Waals surface area contributed by atoms with Gasteiger partial charge in [-0.25, -0.2) is 4.98 Å². The molecule has 0 bridgehead atoms. The lowest BCUT2D eigenvalue weighted by atomic mass is 10.2. The number of ether oxygens (including phenoxy) is 1. The Kier molecular flexibility index (Phi) is 4.01. The topological polar surface area (TPSA) is 22.1 Å². The van der Waals surface area contributed by atoms with Crippen LogP contribution in [0.2, 0.25) is 5.02 Å². The third-order valence-corrected chi connectivity index (χ3v) is 2.98. The van der Waals surface area contributed by atoms with Gasteiger partial charge in [-0.1, -0.05) is 27.5 Å². The Labute approximate surface area is 120 Å². The molecule has 0 aliphatic heterocycles. The van der Waals surface area contributed by atoms with Gasteiger partial charge in [0.05, 0.1) is 5.02 Å². The molecule has 0 unspecified atom stereocenters. The Morgan fingerprint density at radius 1 is 1.21 bits per heavy atom. The predicted octanol–water partition coefficient (Wildman–Crippen LogP) is 5.31. The zero-order chi connectivity index (χ0) is 14.0. The first kappa shape index (κ1) is 14.1. The molecule has 2 rings (SSSR count). The van der Waals surface area contributed by atoms with Crippen molar-refractivity contribution in [2.75, 3.05) is 0 Å². The molecule has 2 aromatic rings. The van der Waals surface area contributed by atoms with Gasteiger partial charge in [0.2, 0.25) is 5.88 Å². The molecule has 0 atom stereocenters. The monoisotopic (exact) mass is 351 g/mol. The van der Waals surface area contributed by atoms with E-state index in [0.717, 1.165) is 6.07 Å². The third-order valence-electron chi connectivity index (χ3n) is 2.18. The Morgan fingerprint density at radius 3 is 2.63 bits per heavy atom. The van der Waals surface area contributed by atoms with Crippen molar-refractivity contribution in [2.45, 2.75) is 6.18 Å². The highest BCUT2D eigenvalue weighted by Gasteiger charge is 2.35. The van der Waals surface area contributed by atoms with Crippen LogP contribution in [0.3, 0.4) is 0 Å². The zero-order valence-corrected chi connectivity index (χ0v) is 11.6. The van der Waals surface area contributed by atoms with E-state index in [0.29, 0.717) is 4.47 Å². The second kappa shape index (κ2) is 5.38. The number of aromatic nitrogens is 1. The molecule has 0 spiro atoms. The predicted molar refractivity (Wildman–Crippen MR) is 68.5 cm³/mol. The van der Waals surface area contributed by atoms with Crippen LogP contribution in [-0.2, 0) is 6.18 Å². The quantitative estimate of drug-likeness (QED) is 0.731. The fraction of sp³-hybridized carbons (Fsp3) is 0.0833. The summed E-state index contributed by atoms with van der Waals surface area (Å²) in [6.07, 6.45) is -3.32. The third kappa shape index (κ3) is 3.39. The summed E-state index contributed by atoms with van der Waals surface area (Å²) in [6, 6.07) is 6.72. The summed E-state index contributed by atoms with van der Waals surface area (Å²) < 4.78 is 44.1. The molecule has 0 aliphatic carbocycles. The van der Waals surface area contributed by atoms with Gasteiger partial charge in [0.1, 0.15) is 11.3 Å². The van der Waals surface area contributed by atoms with Crippen LogP contribution in [0.1, 0.15) is 5.56 Å². The van der Waals surface area contributed by atoms with Gasteiger partial charge in [0.25, 0.3) is 0 Å². The van der Waals surface area contributed by atoms with Gasteiger partial charge in [-0.15, -0.1) is 0 Å². The lowest BCUT2D eigenvalue weighted by Crippen LogP contribution is -2.08. The molecule has 2 nitrogen and oxygen atoms in total. The van der Waals surface area contributed by atoms with Crippen LogP contribution in [0, 0.1) is 0 Å². The number of benzene rings is 1. The van der Waals surface area contributed by atoms with Gasteiger partial charge in [-0.2, -0.15) is 13.2 Å². The zero-order valence-electron chi connectivity index (χ0n) is 9.21. The van der Waals surface area contributed by atoms with Gasteiger partial charge >= 0.3 is 6.18 Å². The number of pyridine rings is 1. The van der Waals surface area contributed by atoms with Crippen LogP contribution in [-0.4, -0.2) is 4.98 Å². The number of nitrogens with zero attached hydrogens (tertiary/aromatic N) is 1. The highest BCUT2D eigenvalue weighted by atomic mass is 79.9. The van der Waals surface area contributed by atoms with Crippen molar-refractivity contribution in [1.82, 2.24) is 4.98 Å². The van der Waals surface area contributed by atoms with E-state index in [9.17, 15) is 13.2 Å². The van der Waals surface area contributed by atoms with Gasteiger partial charge in [0.15, 0.2) is 0 Å². The van der Waals surface area contributed by atoms with Crippen LogP contribution in [0.25, 0.3) is 0 Å². The maximum absolute atomic E-state index is 12.8. The minimum Gasteiger partial charge on any atom is -0.437 e. The lowest BCUT2D eigenvalue weighted by molar-refractivity contribution is -0.138. The van der Waals surface area contributed by atoms with Crippen molar-refractivity contribution < 1.29 is 17.9 Å². The Morgan fingerprint density at radius 2 is 1.95 bits per heavy atom. The number of hydrogen-bond acceptors (Lipinski definition) is 2. The van der Waals surface area contributed by atoms with E-state index in [4.69, 9.17) is 16.3 Å². The van der Waals surface area contributed by atoms with Gasteiger partial charge in [-0.3, -0.25) is 0 Å². The van der Waals surface area contributed by atoms with Gasteiger partial charge in [0, 0.05) is 10.7 Å². The van der Waals surface area contributed by atoms with E-state index in [1.807, 2.05) is 0 Å².